The predicted molar refractivity (Wildman–Crippen MR) is 131 cm³/mol. The maximum absolute atomic E-state index is 10.5. The van der Waals surface area contributed by atoms with Crippen molar-refractivity contribution < 1.29 is 35.4 Å². The standard InChI is InChI=1S/2C7H8O3S.2C5H10O/c2*1-6-2-4-7(5-3-6)11(8,9)10;2*1-2-4-6-5-3-1/h2*2-5H,1H3,(H,8,9,10);2*1-5H2. The molecule has 2 aliphatic heterocycles. The van der Waals surface area contributed by atoms with E-state index in [1.165, 1.54) is 62.8 Å². The van der Waals surface area contributed by atoms with Crippen molar-refractivity contribution >= 4 is 20.2 Å². The lowest BCUT2D eigenvalue weighted by molar-refractivity contribution is 0.0967. The zero-order chi connectivity index (χ0) is 25.5. The van der Waals surface area contributed by atoms with Gasteiger partial charge in [-0.3, -0.25) is 9.11 Å². The van der Waals surface area contributed by atoms with E-state index >= 15 is 0 Å². The molecule has 0 aromatic heterocycles. The molecule has 2 fully saturated rings. The first-order valence-corrected chi connectivity index (χ1v) is 14.1. The second kappa shape index (κ2) is 16.0. The molecule has 10 heteroatoms. The van der Waals surface area contributed by atoms with Gasteiger partial charge in [0.2, 0.25) is 0 Å². The second-order valence-electron chi connectivity index (χ2n) is 7.92. The summed E-state index contributed by atoms with van der Waals surface area (Å²) in [6, 6.07) is 12.0. The predicted octanol–water partition coefficient (Wildman–Crippen LogP) is 4.86. The molecular weight excluding hydrogens is 480 g/mol. The lowest BCUT2D eigenvalue weighted by Gasteiger charge is -2.08. The quantitative estimate of drug-likeness (QED) is 0.542. The Hall–Kier alpha value is -1.82. The van der Waals surface area contributed by atoms with Crippen LogP contribution < -0.4 is 0 Å². The van der Waals surface area contributed by atoms with Gasteiger partial charge in [-0.1, -0.05) is 35.4 Å². The van der Waals surface area contributed by atoms with E-state index in [4.69, 9.17) is 18.6 Å². The maximum Gasteiger partial charge on any atom is 0.294 e. The highest BCUT2D eigenvalue weighted by atomic mass is 32.2. The Kier molecular flexibility index (Phi) is 14.2. The fourth-order valence-electron chi connectivity index (χ4n) is 2.79. The van der Waals surface area contributed by atoms with Gasteiger partial charge in [-0.15, -0.1) is 0 Å². The van der Waals surface area contributed by atoms with Gasteiger partial charge < -0.3 is 9.47 Å². The molecule has 2 N–H and O–H groups in total. The minimum absolute atomic E-state index is 0.0666. The number of hydrogen-bond donors (Lipinski definition) is 2. The highest BCUT2D eigenvalue weighted by Gasteiger charge is 2.07. The summed E-state index contributed by atoms with van der Waals surface area (Å²) in [5.74, 6) is 0. The molecule has 0 unspecified atom stereocenters. The van der Waals surface area contributed by atoms with Crippen LogP contribution in [0.3, 0.4) is 0 Å². The van der Waals surface area contributed by atoms with Crippen LogP contribution in [0.5, 0.6) is 0 Å². The Bertz CT molecular complexity index is 899. The summed E-state index contributed by atoms with van der Waals surface area (Å²) in [7, 11) is -8.04. The van der Waals surface area contributed by atoms with Crippen LogP contribution in [0.1, 0.15) is 49.7 Å². The van der Waals surface area contributed by atoms with Crippen LogP contribution in [-0.2, 0) is 29.7 Å². The van der Waals surface area contributed by atoms with Gasteiger partial charge >= 0.3 is 0 Å². The summed E-state index contributed by atoms with van der Waals surface area (Å²) in [4.78, 5) is -0.133. The van der Waals surface area contributed by atoms with E-state index in [0.29, 0.717) is 0 Å². The van der Waals surface area contributed by atoms with Crippen LogP contribution in [0, 0.1) is 13.8 Å². The van der Waals surface area contributed by atoms with Crippen molar-refractivity contribution in [3.05, 3.63) is 59.7 Å². The first-order chi connectivity index (χ1) is 16.0. The van der Waals surface area contributed by atoms with Gasteiger partial charge in [-0.2, -0.15) is 16.8 Å². The summed E-state index contributed by atoms with van der Waals surface area (Å²) in [5, 5.41) is 0. The Labute approximate surface area is 203 Å². The first kappa shape index (κ1) is 30.2. The van der Waals surface area contributed by atoms with Gasteiger partial charge in [0.05, 0.1) is 9.79 Å². The topological polar surface area (TPSA) is 127 Å². The van der Waals surface area contributed by atoms with Crippen molar-refractivity contribution in [2.75, 3.05) is 26.4 Å². The molecule has 4 rings (SSSR count). The van der Waals surface area contributed by atoms with E-state index in [1.54, 1.807) is 24.3 Å². The molecule has 2 saturated heterocycles. The van der Waals surface area contributed by atoms with Crippen LogP contribution >= 0.6 is 0 Å². The average molecular weight is 517 g/mol. The minimum atomic E-state index is -4.02. The summed E-state index contributed by atoms with van der Waals surface area (Å²) in [6.45, 7) is 7.68. The van der Waals surface area contributed by atoms with Gasteiger partial charge in [0.15, 0.2) is 0 Å². The number of ether oxygens (including phenoxy) is 2. The minimum Gasteiger partial charge on any atom is -0.381 e. The molecule has 0 radical (unpaired) electrons. The molecule has 0 saturated carbocycles. The van der Waals surface area contributed by atoms with Crippen LogP contribution in [0.15, 0.2) is 58.3 Å². The average Bonchev–Trinajstić information content (AvgIpc) is 2.82. The SMILES string of the molecule is C1CCOCC1.C1CCOCC1.Cc1ccc(S(=O)(=O)O)cc1.Cc1ccc(S(=O)(=O)O)cc1. The molecule has 0 spiro atoms. The van der Waals surface area contributed by atoms with Gasteiger partial charge in [-0.05, 0) is 76.6 Å². The van der Waals surface area contributed by atoms with Gasteiger partial charge in [0.1, 0.15) is 0 Å². The van der Waals surface area contributed by atoms with Gasteiger partial charge in [0, 0.05) is 26.4 Å². The smallest absolute Gasteiger partial charge is 0.294 e. The molecule has 2 aromatic rings. The largest absolute Gasteiger partial charge is 0.381 e. The summed E-state index contributed by atoms with van der Waals surface area (Å²) < 4.78 is 69.2. The van der Waals surface area contributed by atoms with E-state index in [0.717, 1.165) is 37.6 Å². The number of hydrogen-bond acceptors (Lipinski definition) is 6. The zero-order valence-corrected chi connectivity index (χ0v) is 21.5. The number of rotatable bonds is 2. The molecule has 2 heterocycles. The summed E-state index contributed by atoms with van der Waals surface area (Å²) >= 11 is 0. The molecule has 8 nitrogen and oxygen atoms in total. The normalized spacial score (nSPS) is 15.9. The molecular formula is C24H36O8S2. The highest BCUT2D eigenvalue weighted by molar-refractivity contribution is 7.86. The van der Waals surface area contributed by atoms with E-state index in [9.17, 15) is 16.8 Å². The highest BCUT2D eigenvalue weighted by Crippen LogP contribution is 2.09. The third kappa shape index (κ3) is 14.4. The molecule has 34 heavy (non-hydrogen) atoms. The molecule has 192 valence electrons. The van der Waals surface area contributed by atoms with Crippen molar-refractivity contribution in [1.82, 2.24) is 0 Å². The molecule has 2 aliphatic rings. The lowest BCUT2D eigenvalue weighted by Crippen LogP contribution is -2.03. The van der Waals surface area contributed by atoms with E-state index < -0.39 is 20.2 Å². The van der Waals surface area contributed by atoms with Crippen molar-refractivity contribution in [3.63, 3.8) is 0 Å². The molecule has 0 bridgehead atoms. The third-order valence-electron chi connectivity index (χ3n) is 4.79. The van der Waals surface area contributed by atoms with Crippen molar-refractivity contribution in [2.45, 2.75) is 62.2 Å². The first-order valence-electron chi connectivity index (χ1n) is 11.2. The zero-order valence-electron chi connectivity index (χ0n) is 19.9. The van der Waals surface area contributed by atoms with Crippen LogP contribution in [-0.4, -0.2) is 52.4 Å². The fraction of sp³-hybridized carbons (Fsp3) is 0.500. The molecule has 2 aromatic carbocycles. The van der Waals surface area contributed by atoms with E-state index in [1.807, 2.05) is 13.8 Å². The van der Waals surface area contributed by atoms with Crippen LogP contribution in [0.4, 0.5) is 0 Å². The van der Waals surface area contributed by atoms with E-state index in [2.05, 4.69) is 0 Å². The third-order valence-corrected chi connectivity index (χ3v) is 6.53. The molecule has 0 atom stereocenters. The Morgan fingerprint density at radius 1 is 0.529 bits per heavy atom. The Balaban J connectivity index is 0.000000235. The monoisotopic (exact) mass is 516 g/mol. The van der Waals surface area contributed by atoms with Crippen molar-refractivity contribution in [1.29, 1.82) is 0 Å². The fourth-order valence-corrected chi connectivity index (χ4v) is 3.75. The van der Waals surface area contributed by atoms with Crippen LogP contribution in [0.25, 0.3) is 0 Å². The van der Waals surface area contributed by atoms with Gasteiger partial charge in [-0.25, -0.2) is 0 Å². The maximum atomic E-state index is 10.5. The molecule has 0 aliphatic carbocycles. The van der Waals surface area contributed by atoms with Gasteiger partial charge in [0.25, 0.3) is 20.2 Å². The molecule has 0 amide bonds. The lowest BCUT2D eigenvalue weighted by atomic mass is 10.2. The van der Waals surface area contributed by atoms with Crippen molar-refractivity contribution in [3.8, 4) is 0 Å². The van der Waals surface area contributed by atoms with E-state index in [-0.39, 0.29) is 9.79 Å². The number of aryl methyl sites for hydroxylation is 2. The summed E-state index contributed by atoms with van der Waals surface area (Å²) in [6.07, 6.45) is 7.86. The second-order valence-corrected chi connectivity index (χ2v) is 10.8. The Morgan fingerprint density at radius 2 is 0.794 bits per heavy atom. The summed E-state index contributed by atoms with van der Waals surface area (Å²) in [5.41, 5.74) is 1.91. The number of benzene rings is 2. The Morgan fingerprint density at radius 3 is 0.941 bits per heavy atom. The van der Waals surface area contributed by atoms with Crippen LogP contribution in [0.2, 0.25) is 0 Å². The van der Waals surface area contributed by atoms with Crippen molar-refractivity contribution in [2.24, 2.45) is 0 Å².